The molecule has 132 valence electrons. The molecule has 1 aromatic heterocycles. The van der Waals surface area contributed by atoms with Gasteiger partial charge in [-0.3, -0.25) is 4.79 Å². The first kappa shape index (κ1) is 16.4. The Morgan fingerprint density at radius 3 is 2.88 bits per heavy atom. The third-order valence-electron chi connectivity index (χ3n) is 6.01. The van der Waals surface area contributed by atoms with Crippen molar-refractivity contribution in [1.29, 1.82) is 0 Å². The highest BCUT2D eigenvalue weighted by Crippen LogP contribution is 2.48. The first-order valence-electron chi connectivity index (χ1n) is 9.29. The number of fused-ring (bicyclic) bond motifs is 2. The molecule has 2 aliphatic heterocycles. The first-order chi connectivity index (χ1) is 12.2. The van der Waals surface area contributed by atoms with Crippen LogP contribution in [0.1, 0.15) is 50.4 Å². The number of nitrogens with one attached hydrogen (secondary N) is 1. The van der Waals surface area contributed by atoms with Crippen LogP contribution in [0.25, 0.3) is 11.1 Å². The lowest BCUT2D eigenvalue weighted by molar-refractivity contribution is -0.116. The van der Waals surface area contributed by atoms with Crippen molar-refractivity contribution in [2.45, 2.75) is 57.6 Å². The van der Waals surface area contributed by atoms with Gasteiger partial charge in [-0.15, -0.1) is 0 Å². The van der Waals surface area contributed by atoms with E-state index in [2.05, 4.69) is 35.0 Å². The van der Waals surface area contributed by atoms with Gasteiger partial charge in [-0.25, -0.2) is 0 Å². The number of para-hydroxylation sites is 1. The SMILES string of the molecule is CCC12CCCn3c(COC)cc(c31)-c1ccccc1NC(=O)CC2. The van der Waals surface area contributed by atoms with Gasteiger partial charge in [0.2, 0.25) is 5.91 Å². The van der Waals surface area contributed by atoms with Crippen LogP contribution in [0.2, 0.25) is 0 Å². The van der Waals surface area contributed by atoms with Gasteiger partial charge in [0.15, 0.2) is 0 Å². The number of rotatable bonds is 3. The minimum absolute atomic E-state index is 0.0777. The van der Waals surface area contributed by atoms with Gasteiger partial charge in [0.25, 0.3) is 0 Å². The summed E-state index contributed by atoms with van der Waals surface area (Å²) in [4.78, 5) is 12.5. The van der Waals surface area contributed by atoms with Crippen LogP contribution in [0.5, 0.6) is 0 Å². The molecule has 0 spiro atoms. The fourth-order valence-electron chi connectivity index (χ4n) is 4.75. The second-order valence-corrected chi connectivity index (χ2v) is 7.31. The van der Waals surface area contributed by atoms with E-state index >= 15 is 0 Å². The maximum Gasteiger partial charge on any atom is 0.224 e. The van der Waals surface area contributed by atoms with Crippen LogP contribution in [0.3, 0.4) is 0 Å². The summed E-state index contributed by atoms with van der Waals surface area (Å²) in [6.45, 7) is 3.94. The second kappa shape index (κ2) is 6.34. The van der Waals surface area contributed by atoms with Crippen LogP contribution in [-0.4, -0.2) is 17.6 Å². The Morgan fingerprint density at radius 2 is 2.08 bits per heavy atom. The van der Waals surface area contributed by atoms with Crippen molar-refractivity contribution in [2.75, 3.05) is 12.4 Å². The zero-order valence-corrected chi connectivity index (χ0v) is 15.1. The molecule has 4 nitrogen and oxygen atoms in total. The molecule has 0 radical (unpaired) electrons. The van der Waals surface area contributed by atoms with Crippen molar-refractivity contribution >= 4 is 11.6 Å². The third kappa shape index (κ3) is 2.60. The quantitative estimate of drug-likeness (QED) is 0.897. The summed E-state index contributed by atoms with van der Waals surface area (Å²) < 4.78 is 7.95. The Labute approximate surface area is 149 Å². The fraction of sp³-hybridized carbons (Fsp3) is 0.476. The van der Waals surface area contributed by atoms with Crippen LogP contribution < -0.4 is 5.32 Å². The minimum Gasteiger partial charge on any atom is -0.378 e. The molecule has 3 heterocycles. The number of aromatic nitrogens is 1. The third-order valence-corrected chi connectivity index (χ3v) is 6.01. The monoisotopic (exact) mass is 338 g/mol. The Bertz CT molecular complexity index is 808. The molecule has 4 heteroatoms. The summed E-state index contributed by atoms with van der Waals surface area (Å²) in [5, 5.41) is 3.13. The molecule has 2 aliphatic rings. The minimum atomic E-state index is 0.0777. The molecule has 0 bridgehead atoms. The highest BCUT2D eigenvalue weighted by molar-refractivity contribution is 5.96. The van der Waals surface area contributed by atoms with Crippen LogP contribution in [0.15, 0.2) is 30.3 Å². The molecule has 0 fully saturated rings. The van der Waals surface area contributed by atoms with E-state index in [0.29, 0.717) is 13.0 Å². The zero-order valence-electron chi connectivity index (χ0n) is 15.1. The Kier molecular flexibility index (Phi) is 4.16. The Balaban J connectivity index is 2.01. The van der Waals surface area contributed by atoms with Crippen molar-refractivity contribution in [3.63, 3.8) is 0 Å². The average molecular weight is 338 g/mol. The van der Waals surface area contributed by atoms with Gasteiger partial charge in [-0.05, 0) is 37.8 Å². The average Bonchev–Trinajstić information content (AvgIpc) is 3.01. The Hall–Kier alpha value is -2.07. The number of benzene rings is 1. The van der Waals surface area contributed by atoms with E-state index in [4.69, 9.17) is 4.74 Å². The molecule has 0 saturated heterocycles. The summed E-state index contributed by atoms with van der Waals surface area (Å²) >= 11 is 0. The van der Waals surface area contributed by atoms with Crippen LogP contribution in [0.4, 0.5) is 5.69 Å². The lowest BCUT2D eigenvalue weighted by Gasteiger charge is -2.39. The van der Waals surface area contributed by atoms with Crippen molar-refractivity contribution in [3.05, 3.63) is 41.7 Å². The highest BCUT2D eigenvalue weighted by atomic mass is 16.5. The normalized spacial score (nSPS) is 22.2. The van der Waals surface area contributed by atoms with Crippen LogP contribution >= 0.6 is 0 Å². The molecule has 1 N–H and O–H groups in total. The van der Waals surface area contributed by atoms with Gasteiger partial charge in [0, 0.05) is 53.7 Å². The van der Waals surface area contributed by atoms with Crippen molar-refractivity contribution < 1.29 is 9.53 Å². The van der Waals surface area contributed by atoms with Crippen molar-refractivity contribution in [3.8, 4) is 11.1 Å². The summed E-state index contributed by atoms with van der Waals surface area (Å²) in [7, 11) is 1.76. The fourth-order valence-corrected chi connectivity index (χ4v) is 4.75. The van der Waals surface area contributed by atoms with Crippen molar-refractivity contribution in [1.82, 2.24) is 4.57 Å². The number of hydrogen-bond donors (Lipinski definition) is 1. The maximum atomic E-state index is 12.5. The summed E-state index contributed by atoms with van der Waals surface area (Å²) in [5.74, 6) is 0.125. The summed E-state index contributed by atoms with van der Waals surface area (Å²) in [6.07, 6.45) is 4.86. The smallest absolute Gasteiger partial charge is 0.224 e. The molecule has 25 heavy (non-hydrogen) atoms. The van der Waals surface area contributed by atoms with E-state index in [-0.39, 0.29) is 11.3 Å². The second-order valence-electron chi connectivity index (χ2n) is 7.31. The molecular formula is C21H26N2O2. The number of amides is 1. The molecule has 4 rings (SSSR count). The molecule has 1 atom stereocenters. The number of nitrogens with zero attached hydrogens (tertiary/aromatic N) is 1. The van der Waals surface area contributed by atoms with Gasteiger partial charge in [0.1, 0.15) is 0 Å². The van der Waals surface area contributed by atoms with Crippen LogP contribution in [0, 0.1) is 0 Å². The van der Waals surface area contributed by atoms with Crippen molar-refractivity contribution in [2.24, 2.45) is 0 Å². The maximum absolute atomic E-state index is 12.5. The number of carbonyl (C=O) groups is 1. The summed E-state index contributed by atoms with van der Waals surface area (Å²) in [5.41, 5.74) is 6.05. The van der Waals surface area contributed by atoms with Gasteiger partial charge >= 0.3 is 0 Å². The Morgan fingerprint density at radius 1 is 1.24 bits per heavy atom. The standard InChI is InChI=1S/C21H26N2O2/c1-3-21-10-6-12-23-15(14-25-2)13-17(20(21)23)16-7-4-5-8-18(16)22-19(24)9-11-21/h4-5,7-8,13H,3,6,9-12,14H2,1-2H3,(H,22,24). The highest BCUT2D eigenvalue weighted by Gasteiger charge is 2.40. The molecule has 0 saturated carbocycles. The number of hydrogen-bond acceptors (Lipinski definition) is 2. The molecule has 1 amide bonds. The molecule has 1 unspecified atom stereocenters. The predicted molar refractivity (Wildman–Crippen MR) is 99.6 cm³/mol. The van der Waals surface area contributed by atoms with Gasteiger partial charge in [-0.2, -0.15) is 0 Å². The predicted octanol–water partition coefficient (Wildman–Crippen LogP) is 4.48. The van der Waals surface area contributed by atoms with Gasteiger partial charge in [-0.1, -0.05) is 25.1 Å². The van der Waals surface area contributed by atoms with Gasteiger partial charge < -0.3 is 14.6 Å². The topological polar surface area (TPSA) is 43.3 Å². The summed E-state index contributed by atoms with van der Waals surface area (Å²) in [6, 6.07) is 10.5. The first-order valence-corrected chi connectivity index (χ1v) is 9.29. The number of anilines is 1. The largest absolute Gasteiger partial charge is 0.378 e. The van der Waals surface area contributed by atoms with E-state index in [1.165, 1.54) is 17.0 Å². The molecular weight excluding hydrogens is 312 g/mol. The lowest BCUT2D eigenvalue weighted by Crippen LogP contribution is -2.34. The van der Waals surface area contributed by atoms with E-state index in [0.717, 1.165) is 43.5 Å². The zero-order chi connectivity index (χ0) is 17.4. The van der Waals surface area contributed by atoms with Gasteiger partial charge in [0.05, 0.1) is 6.61 Å². The number of methoxy groups -OCH3 is 1. The van der Waals surface area contributed by atoms with E-state index in [9.17, 15) is 4.79 Å². The van der Waals surface area contributed by atoms with E-state index < -0.39 is 0 Å². The van der Waals surface area contributed by atoms with E-state index in [1.54, 1.807) is 7.11 Å². The number of ether oxygens (including phenoxy) is 1. The number of carbonyl (C=O) groups excluding carboxylic acids is 1. The molecule has 1 aromatic carbocycles. The van der Waals surface area contributed by atoms with Crippen LogP contribution in [-0.2, 0) is 28.1 Å². The molecule has 0 aliphatic carbocycles. The van der Waals surface area contributed by atoms with E-state index in [1.807, 2.05) is 12.1 Å². The molecule has 2 aromatic rings. The lowest BCUT2D eigenvalue weighted by atomic mass is 9.70.